The van der Waals surface area contributed by atoms with Crippen LogP contribution >= 0.6 is 0 Å². The highest BCUT2D eigenvalue weighted by Gasteiger charge is 2.34. The van der Waals surface area contributed by atoms with Gasteiger partial charge in [-0.15, -0.1) is 0 Å². The van der Waals surface area contributed by atoms with E-state index in [4.69, 9.17) is 14.2 Å². The summed E-state index contributed by atoms with van der Waals surface area (Å²) in [4.78, 5) is 0.142. The molecule has 0 bridgehead atoms. The van der Waals surface area contributed by atoms with Gasteiger partial charge in [0.15, 0.2) is 11.5 Å². The molecule has 2 atom stereocenters. The van der Waals surface area contributed by atoms with Crippen LogP contribution in [0, 0.1) is 0 Å². The zero-order valence-corrected chi connectivity index (χ0v) is 13.8. The molecule has 24 heavy (non-hydrogen) atoms. The average Bonchev–Trinajstić information content (AvgIpc) is 3.26. The lowest BCUT2D eigenvalue weighted by Gasteiger charge is -2.19. The monoisotopic (exact) mass is 351 g/mol. The molecule has 3 heterocycles. The number of aromatic nitrogens is 2. The Kier molecular flexibility index (Phi) is 3.70. The third kappa shape index (κ3) is 2.74. The number of hydrogen-bond donors (Lipinski definition) is 1. The van der Waals surface area contributed by atoms with Crippen LogP contribution in [-0.4, -0.2) is 37.6 Å². The topological polar surface area (TPSA) is 91.7 Å². The lowest BCUT2D eigenvalue weighted by molar-refractivity contribution is 0.102. The van der Waals surface area contributed by atoms with E-state index < -0.39 is 10.0 Å². The van der Waals surface area contributed by atoms with E-state index in [1.165, 1.54) is 12.1 Å². The summed E-state index contributed by atoms with van der Waals surface area (Å²) in [6.07, 6.45) is 3.78. The van der Waals surface area contributed by atoms with Crippen molar-refractivity contribution in [3.05, 3.63) is 36.2 Å². The quantitative estimate of drug-likeness (QED) is 0.882. The molecule has 1 aromatic heterocycles. The molecule has 128 valence electrons. The largest absolute Gasteiger partial charge is 0.454 e. The zero-order chi connectivity index (χ0) is 16.7. The van der Waals surface area contributed by atoms with Gasteiger partial charge in [-0.05, 0) is 18.6 Å². The van der Waals surface area contributed by atoms with E-state index in [1.54, 1.807) is 16.9 Å². The number of nitrogens with one attached hydrogen (secondary N) is 1. The molecule has 1 aromatic carbocycles. The van der Waals surface area contributed by atoms with Crippen LogP contribution in [0.25, 0.3) is 0 Å². The number of hydrogen-bond acceptors (Lipinski definition) is 6. The number of sulfonamides is 1. The molecular weight excluding hydrogens is 334 g/mol. The molecule has 1 fully saturated rings. The SMILES string of the molecule is Cn1cc([C@H]2OCC[C@@H]2NS(=O)(=O)c2ccc3c(c2)OCO3)cn1. The first-order valence-corrected chi connectivity index (χ1v) is 9.03. The van der Waals surface area contributed by atoms with Crippen LogP contribution in [0.2, 0.25) is 0 Å². The lowest BCUT2D eigenvalue weighted by atomic mass is 10.1. The fraction of sp³-hybridized carbons (Fsp3) is 0.400. The molecule has 0 aliphatic carbocycles. The van der Waals surface area contributed by atoms with Crippen LogP contribution in [-0.2, 0) is 21.8 Å². The summed E-state index contributed by atoms with van der Waals surface area (Å²) >= 11 is 0. The predicted octanol–water partition coefficient (Wildman–Crippen LogP) is 0.957. The summed E-state index contributed by atoms with van der Waals surface area (Å²) in [6, 6.07) is 4.23. The Morgan fingerprint density at radius 2 is 2.12 bits per heavy atom. The molecule has 9 heteroatoms. The normalized spacial score (nSPS) is 22.9. The molecule has 2 aliphatic rings. The standard InChI is InChI=1S/C15H17N3O5S/c1-18-8-10(7-16-18)15-12(4-5-21-15)17-24(19,20)11-2-3-13-14(6-11)23-9-22-13/h2-3,6-8,12,15,17H,4-5,9H2,1H3/t12-,15+/m0/s1. The average molecular weight is 351 g/mol. The lowest BCUT2D eigenvalue weighted by Crippen LogP contribution is -2.36. The molecule has 0 spiro atoms. The maximum Gasteiger partial charge on any atom is 0.241 e. The van der Waals surface area contributed by atoms with Crippen molar-refractivity contribution in [3.8, 4) is 11.5 Å². The maximum absolute atomic E-state index is 12.7. The summed E-state index contributed by atoms with van der Waals surface area (Å²) in [5.74, 6) is 0.982. The molecule has 2 aliphatic heterocycles. The minimum Gasteiger partial charge on any atom is -0.454 e. The second-order valence-corrected chi connectivity index (χ2v) is 7.48. The number of nitrogens with zero attached hydrogens (tertiary/aromatic N) is 2. The van der Waals surface area contributed by atoms with Gasteiger partial charge in [0.25, 0.3) is 0 Å². The van der Waals surface area contributed by atoms with Crippen molar-refractivity contribution in [2.45, 2.75) is 23.5 Å². The third-order valence-electron chi connectivity index (χ3n) is 4.11. The van der Waals surface area contributed by atoms with Gasteiger partial charge in [-0.2, -0.15) is 5.10 Å². The Labute approximate surface area is 139 Å². The molecule has 1 saturated heterocycles. The molecule has 0 radical (unpaired) electrons. The van der Waals surface area contributed by atoms with E-state index >= 15 is 0 Å². The van der Waals surface area contributed by atoms with E-state index in [9.17, 15) is 8.42 Å². The highest BCUT2D eigenvalue weighted by atomic mass is 32.2. The van der Waals surface area contributed by atoms with Crippen LogP contribution in [0.1, 0.15) is 18.1 Å². The Hall–Kier alpha value is -2.10. The van der Waals surface area contributed by atoms with Gasteiger partial charge in [0, 0.05) is 31.5 Å². The van der Waals surface area contributed by atoms with Crippen molar-refractivity contribution in [1.29, 1.82) is 0 Å². The van der Waals surface area contributed by atoms with Crippen molar-refractivity contribution in [3.63, 3.8) is 0 Å². The van der Waals surface area contributed by atoms with E-state index in [0.29, 0.717) is 24.5 Å². The van der Waals surface area contributed by atoms with E-state index in [0.717, 1.165) is 5.56 Å². The zero-order valence-electron chi connectivity index (χ0n) is 13.0. The van der Waals surface area contributed by atoms with Crippen molar-refractivity contribution in [1.82, 2.24) is 14.5 Å². The van der Waals surface area contributed by atoms with E-state index in [1.807, 2.05) is 13.2 Å². The van der Waals surface area contributed by atoms with Gasteiger partial charge >= 0.3 is 0 Å². The van der Waals surface area contributed by atoms with Crippen LogP contribution in [0.4, 0.5) is 0 Å². The van der Waals surface area contributed by atoms with Crippen molar-refractivity contribution in [2.75, 3.05) is 13.4 Å². The van der Waals surface area contributed by atoms with Crippen LogP contribution < -0.4 is 14.2 Å². The number of rotatable bonds is 4. The Morgan fingerprint density at radius 1 is 1.29 bits per heavy atom. The fourth-order valence-corrected chi connectivity index (χ4v) is 4.22. The summed E-state index contributed by atoms with van der Waals surface area (Å²) < 4.78 is 45.9. The Balaban J connectivity index is 1.57. The molecule has 1 N–H and O–H groups in total. The maximum atomic E-state index is 12.7. The molecule has 0 amide bonds. The third-order valence-corrected chi connectivity index (χ3v) is 5.59. The van der Waals surface area contributed by atoms with Gasteiger partial charge < -0.3 is 14.2 Å². The second-order valence-electron chi connectivity index (χ2n) is 5.77. The minimum absolute atomic E-state index is 0.103. The van der Waals surface area contributed by atoms with Crippen LogP contribution in [0.3, 0.4) is 0 Å². The van der Waals surface area contributed by atoms with Crippen LogP contribution in [0.5, 0.6) is 11.5 Å². The van der Waals surface area contributed by atoms with Gasteiger partial charge in [-0.25, -0.2) is 13.1 Å². The molecule has 2 aromatic rings. The molecule has 4 rings (SSSR count). The van der Waals surface area contributed by atoms with E-state index in [2.05, 4.69) is 9.82 Å². The minimum atomic E-state index is -3.69. The number of fused-ring (bicyclic) bond motifs is 1. The fourth-order valence-electron chi connectivity index (χ4n) is 2.94. The number of ether oxygens (including phenoxy) is 3. The van der Waals surface area contributed by atoms with Crippen molar-refractivity contribution < 1.29 is 22.6 Å². The Morgan fingerprint density at radius 3 is 2.92 bits per heavy atom. The van der Waals surface area contributed by atoms with Crippen molar-refractivity contribution >= 4 is 10.0 Å². The summed E-state index contributed by atoms with van der Waals surface area (Å²) in [6.45, 7) is 0.597. The first kappa shape index (κ1) is 15.4. The van der Waals surface area contributed by atoms with E-state index in [-0.39, 0.29) is 23.8 Å². The van der Waals surface area contributed by atoms with Gasteiger partial charge in [0.1, 0.15) is 6.10 Å². The first-order chi connectivity index (χ1) is 11.5. The second kappa shape index (κ2) is 5.76. The highest BCUT2D eigenvalue weighted by molar-refractivity contribution is 7.89. The molecule has 0 unspecified atom stereocenters. The molecule has 0 saturated carbocycles. The van der Waals surface area contributed by atoms with Crippen LogP contribution in [0.15, 0.2) is 35.5 Å². The van der Waals surface area contributed by atoms with Gasteiger partial charge in [-0.1, -0.05) is 0 Å². The van der Waals surface area contributed by atoms with Gasteiger partial charge in [0.05, 0.1) is 17.1 Å². The predicted molar refractivity (Wildman–Crippen MR) is 83.2 cm³/mol. The Bertz CT molecular complexity index is 864. The number of benzene rings is 1. The molecular formula is C15H17N3O5S. The van der Waals surface area contributed by atoms with Gasteiger partial charge in [-0.3, -0.25) is 4.68 Å². The molecule has 8 nitrogen and oxygen atoms in total. The smallest absolute Gasteiger partial charge is 0.241 e. The highest BCUT2D eigenvalue weighted by Crippen LogP contribution is 2.35. The summed E-state index contributed by atoms with van der Waals surface area (Å²) in [7, 11) is -1.88. The number of aryl methyl sites for hydroxylation is 1. The van der Waals surface area contributed by atoms with Gasteiger partial charge in [0.2, 0.25) is 16.8 Å². The summed E-state index contributed by atoms with van der Waals surface area (Å²) in [5, 5.41) is 4.12. The van der Waals surface area contributed by atoms with Crippen molar-refractivity contribution in [2.24, 2.45) is 7.05 Å². The summed E-state index contributed by atoms with van der Waals surface area (Å²) in [5.41, 5.74) is 0.855. The first-order valence-electron chi connectivity index (χ1n) is 7.55.